The summed E-state index contributed by atoms with van der Waals surface area (Å²) in [6.07, 6.45) is 0. The number of esters is 1. The number of nitrogens with one attached hydrogen (secondary N) is 1. The minimum Gasteiger partial charge on any atom is -0.502 e. The third-order valence-electron chi connectivity index (χ3n) is 3.54. The lowest BCUT2D eigenvalue weighted by molar-refractivity contribution is -0.132. The number of ether oxygens (including phenoxy) is 1. The van der Waals surface area contributed by atoms with E-state index in [1.54, 1.807) is 18.2 Å². The predicted molar refractivity (Wildman–Crippen MR) is 91.4 cm³/mol. The second-order valence-corrected chi connectivity index (χ2v) is 5.45. The summed E-state index contributed by atoms with van der Waals surface area (Å²) in [5.74, 6) is -5.94. The lowest BCUT2D eigenvalue weighted by Crippen LogP contribution is -2.12. The van der Waals surface area contributed by atoms with E-state index < -0.39 is 52.2 Å². The van der Waals surface area contributed by atoms with E-state index in [1.165, 1.54) is 12.1 Å². The molecule has 0 spiro atoms. The molecule has 0 atom stereocenters. The van der Waals surface area contributed by atoms with Gasteiger partial charge in [0.1, 0.15) is 11.6 Å². The van der Waals surface area contributed by atoms with Crippen LogP contribution in [0.15, 0.2) is 52.9 Å². The van der Waals surface area contributed by atoms with Crippen LogP contribution >= 0.6 is 0 Å². The van der Waals surface area contributed by atoms with Gasteiger partial charge in [-0.15, -0.1) is 0 Å². The van der Waals surface area contributed by atoms with E-state index in [9.17, 15) is 23.5 Å². The Bertz CT molecular complexity index is 994. The molecule has 3 rings (SSSR count). The first-order valence-electron chi connectivity index (χ1n) is 7.73. The van der Waals surface area contributed by atoms with Crippen molar-refractivity contribution in [1.82, 2.24) is 0 Å². The molecule has 1 aromatic heterocycles. The highest BCUT2D eigenvalue weighted by atomic mass is 19.1. The van der Waals surface area contributed by atoms with Crippen molar-refractivity contribution in [2.45, 2.75) is 6.92 Å². The van der Waals surface area contributed by atoms with Gasteiger partial charge >= 0.3 is 5.97 Å². The molecule has 0 aliphatic carbocycles. The van der Waals surface area contributed by atoms with Crippen LogP contribution in [-0.4, -0.2) is 17.0 Å². The van der Waals surface area contributed by atoms with E-state index in [1.807, 2.05) is 0 Å². The van der Waals surface area contributed by atoms with Gasteiger partial charge < -0.3 is 14.3 Å². The third kappa shape index (κ3) is 3.64. The maximum Gasteiger partial charge on any atom is 0.308 e. The Morgan fingerprint density at radius 3 is 2.26 bits per heavy atom. The first-order chi connectivity index (χ1) is 12.9. The molecule has 2 N–H and O–H groups in total. The number of benzene rings is 2. The van der Waals surface area contributed by atoms with Gasteiger partial charge in [0.2, 0.25) is 17.4 Å². The van der Waals surface area contributed by atoms with Crippen LogP contribution in [0.2, 0.25) is 0 Å². The van der Waals surface area contributed by atoms with Crippen LogP contribution in [0.3, 0.4) is 0 Å². The highest BCUT2D eigenvalue weighted by Crippen LogP contribution is 2.47. The average molecular weight is 373 g/mol. The van der Waals surface area contributed by atoms with Gasteiger partial charge in [-0.2, -0.15) is 0 Å². The predicted octanol–water partition coefficient (Wildman–Crippen LogP) is 4.11. The summed E-state index contributed by atoms with van der Waals surface area (Å²) in [4.78, 5) is 23.6. The van der Waals surface area contributed by atoms with Crippen LogP contribution in [0.25, 0.3) is 11.3 Å². The van der Waals surface area contributed by atoms with Crippen LogP contribution < -0.4 is 10.1 Å². The quantitative estimate of drug-likeness (QED) is 0.672. The van der Waals surface area contributed by atoms with Crippen LogP contribution in [-0.2, 0) is 4.79 Å². The molecule has 8 heteroatoms. The van der Waals surface area contributed by atoms with Gasteiger partial charge in [0, 0.05) is 12.5 Å². The van der Waals surface area contributed by atoms with Crippen LogP contribution in [0.1, 0.15) is 17.3 Å². The summed E-state index contributed by atoms with van der Waals surface area (Å²) in [6, 6.07) is 11.1. The third-order valence-corrected chi connectivity index (χ3v) is 3.54. The zero-order chi connectivity index (χ0) is 19.6. The zero-order valence-corrected chi connectivity index (χ0v) is 14.0. The van der Waals surface area contributed by atoms with Crippen molar-refractivity contribution >= 4 is 17.8 Å². The van der Waals surface area contributed by atoms with Crippen LogP contribution in [0.5, 0.6) is 11.5 Å². The molecule has 6 nitrogen and oxygen atoms in total. The number of carbonyl (C=O) groups is 2. The maximum absolute atomic E-state index is 14.0. The molecule has 0 unspecified atom stereocenters. The Morgan fingerprint density at radius 1 is 1.04 bits per heavy atom. The summed E-state index contributed by atoms with van der Waals surface area (Å²) in [7, 11) is 0. The zero-order valence-electron chi connectivity index (χ0n) is 14.0. The van der Waals surface area contributed by atoms with Gasteiger partial charge in [0.05, 0.1) is 5.56 Å². The van der Waals surface area contributed by atoms with Crippen LogP contribution in [0, 0.1) is 11.6 Å². The van der Waals surface area contributed by atoms with Gasteiger partial charge in [-0.05, 0) is 24.3 Å². The highest BCUT2D eigenvalue weighted by molar-refractivity contribution is 6.05. The SMILES string of the molecule is CC(=O)Oc1c(NC(=O)c2ccccc2)oc(-c2c(F)cccc2F)c1O. The topological polar surface area (TPSA) is 88.8 Å². The fraction of sp³-hybridized carbons (Fsp3) is 0.0526. The molecule has 138 valence electrons. The van der Waals surface area contributed by atoms with Gasteiger partial charge in [0.15, 0.2) is 5.76 Å². The smallest absolute Gasteiger partial charge is 0.308 e. The van der Waals surface area contributed by atoms with E-state index >= 15 is 0 Å². The van der Waals surface area contributed by atoms with Crippen molar-refractivity contribution < 1.29 is 32.6 Å². The van der Waals surface area contributed by atoms with E-state index in [0.717, 1.165) is 25.1 Å². The largest absolute Gasteiger partial charge is 0.502 e. The summed E-state index contributed by atoms with van der Waals surface area (Å²) in [5.41, 5.74) is -0.413. The minimum absolute atomic E-state index is 0.251. The van der Waals surface area contributed by atoms with Crippen molar-refractivity contribution in [2.75, 3.05) is 5.32 Å². The molecule has 0 saturated heterocycles. The number of amides is 1. The highest BCUT2D eigenvalue weighted by Gasteiger charge is 2.29. The Hall–Kier alpha value is -3.68. The summed E-state index contributed by atoms with van der Waals surface area (Å²) >= 11 is 0. The van der Waals surface area contributed by atoms with Crippen LogP contribution in [0.4, 0.5) is 14.7 Å². The van der Waals surface area contributed by atoms with Gasteiger partial charge in [0.25, 0.3) is 5.91 Å². The molecule has 0 aliphatic heterocycles. The van der Waals surface area contributed by atoms with E-state index in [0.29, 0.717) is 0 Å². The molecular formula is C19H13F2NO5. The second-order valence-electron chi connectivity index (χ2n) is 5.45. The fourth-order valence-corrected chi connectivity index (χ4v) is 2.38. The molecule has 1 heterocycles. The Balaban J connectivity index is 2.08. The Labute approximate surface area is 152 Å². The summed E-state index contributed by atoms with van der Waals surface area (Å²) < 4.78 is 38.2. The molecule has 0 radical (unpaired) electrons. The van der Waals surface area contributed by atoms with E-state index in [-0.39, 0.29) is 5.56 Å². The van der Waals surface area contributed by atoms with Crippen molar-refractivity contribution in [3.8, 4) is 22.8 Å². The number of hydrogen-bond donors (Lipinski definition) is 2. The number of aromatic hydroxyl groups is 1. The van der Waals surface area contributed by atoms with Gasteiger partial charge in [-0.3, -0.25) is 14.9 Å². The molecule has 0 saturated carbocycles. The molecule has 2 aromatic carbocycles. The molecule has 27 heavy (non-hydrogen) atoms. The second kappa shape index (κ2) is 7.28. The van der Waals surface area contributed by atoms with Crippen molar-refractivity contribution in [1.29, 1.82) is 0 Å². The first kappa shape index (κ1) is 18.1. The number of halogens is 2. The normalized spacial score (nSPS) is 10.5. The molecule has 3 aromatic rings. The number of hydrogen-bond acceptors (Lipinski definition) is 5. The maximum atomic E-state index is 14.0. The number of carbonyl (C=O) groups excluding carboxylic acids is 2. The monoisotopic (exact) mass is 373 g/mol. The number of anilines is 1. The van der Waals surface area contributed by atoms with Crippen molar-refractivity contribution in [3.63, 3.8) is 0 Å². The molecule has 0 bridgehead atoms. The van der Waals surface area contributed by atoms with Crippen molar-refractivity contribution in [2.24, 2.45) is 0 Å². The summed E-state index contributed by atoms with van der Waals surface area (Å²) in [6.45, 7) is 1.05. The van der Waals surface area contributed by atoms with Gasteiger partial charge in [-0.1, -0.05) is 24.3 Å². The van der Waals surface area contributed by atoms with Crippen molar-refractivity contribution in [3.05, 3.63) is 65.7 Å². The van der Waals surface area contributed by atoms with E-state index in [4.69, 9.17) is 9.15 Å². The lowest BCUT2D eigenvalue weighted by atomic mass is 10.1. The standard InChI is InChI=1S/C19H13F2NO5/c1-10(23)26-17-15(24)16(14-12(20)8-5-9-13(14)21)27-19(17)22-18(25)11-6-3-2-4-7-11/h2-9,24H,1H3,(H,22,25). The molecule has 1 amide bonds. The minimum atomic E-state index is -1.01. The number of rotatable bonds is 4. The summed E-state index contributed by atoms with van der Waals surface area (Å²) in [5, 5.41) is 12.6. The van der Waals surface area contributed by atoms with E-state index in [2.05, 4.69) is 5.32 Å². The molecule has 0 fully saturated rings. The molecule has 0 aliphatic rings. The lowest BCUT2D eigenvalue weighted by Gasteiger charge is -2.04. The first-order valence-corrected chi connectivity index (χ1v) is 7.73. The number of furan rings is 1. The fourth-order valence-electron chi connectivity index (χ4n) is 2.38. The Kier molecular flexibility index (Phi) is 4.89. The molecular weight excluding hydrogens is 360 g/mol. The average Bonchev–Trinajstić information content (AvgIpc) is 2.91. The van der Waals surface area contributed by atoms with Gasteiger partial charge in [-0.25, -0.2) is 8.78 Å². The Morgan fingerprint density at radius 2 is 1.67 bits per heavy atom.